The number of phenols is 1. The maximum atomic E-state index is 12.9. The highest BCUT2D eigenvalue weighted by atomic mass is 16.3. The molecule has 134 valence electrons. The van der Waals surface area contributed by atoms with E-state index in [0.717, 1.165) is 11.4 Å². The summed E-state index contributed by atoms with van der Waals surface area (Å²) < 4.78 is 7.31. The number of carbonyl (C=O) groups excluding carboxylic acids is 1. The monoisotopic (exact) mass is 359 g/mol. The van der Waals surface area contributed by atoms with Crippen molar-refractivity contribution in [2.75, 3.05) is 5.32 Å². The Balaban J connectivity index is 1.77. The number of aromatic nitrogens is 2. The second-order valence-corrected chi connectivity index (χ2v) is 6.05. The Hall–Kier alpha value is -3.80. The molecule has 4 aromatic rings. The number of hydrogen-bond donors (Lipinski definition) is 2. The van der Waals surface area contributed by atoms with E-state index in [1.54, 1.807) is 35.1 Å². The van der Waals surface area contributed by atoms with Crippen LogP contribution in [-0.2, 0) is 0 Å². The number of aryl methyl sites for hydroxylation is 1. The largest absolute Gasteiger partial charge is 0.506 e. The molecule has 0 atom stereocenters. The van der Waals surface area contributed by atoms with Crippen molar-refractivity contribution in [3.63, 3.8) is 0 Å². The standard InChI is InChI=1S/C21H17N3O3/c1-14-11-12-19(27-14)20-16(13-24(23-20)15-7-3-2-4-8-15)21(26)22-17-9-5-6-10-18(17)25/h2-13,25H,1H3,(H,22,26). The molecule has 2 aromatic carbocycles. The number of hydrogen-bond acceptors (Lipinski definition) is 4. The van der Waals surface area contributed by atoms with Crippen LogP contribution >= 0.6 is 0 Å². The molecule has 0 saturated heterocycles. The van der Waals surface area contributed by atoms with Gasteiger partial charge in [0.05, 0.1) is 16.9 Å². The van der Waals surface area contributed by atoms with Gasteiger partial charge < -0.3 is 14.8 Å². The van der Waals surface area contributed by atoms with Crippen molar-refractivity contribution in [2.45, 2.75) is 6.92 Å². The third-order valence-corrected chi connectivity index (χ3v) is 4.11. The molecule has 0 aliphatic carbocycles. The molecule has 0 radical (unpaired) electrons. The number of rotatable bonds is 4. The van der Waals surface area contributed by atoms with Crippen LogP contribution in [-0.4, -0.2) is 20.8 Å². The molecule has 2 N–H and O–H groups in total. The number of aromatic hydroxyl groups is 1. The van der Waals surface area contributed by atoms with Gasteiger partial charge in [0, 0.05) is 6.20 Å². The van der Waals surface area contributed by atoms with Gasteiger partial charge in [0.15, 0.2) is 5.76 Å². The van der Waals surface area contributed by atoms with Crippen LogP contribution in [0.5, 0.6) is 5.75 Å². The molecule has 6 heteroatoms. The summed E-state index contributed by atoms with van der Waals surface area (Å²) in [5.41, 5.74) is 1.93. The highest BCUT2D eigenvalue weighted by molar-refractivity contribution is 6.08. The summed E-state index contributed by atoms with van der Waals surface area (Å²) in [5, 5.41) is 17.2. The highest BCUT2D eigenvalue weighted by Crippen LogP contribution is 2.28. The molecule has 1 amide bonds. The van der Waals surface area contributed by atoms with Crippen molar-refractivity contribution in [2.24, 2.45) is 0 Å². The van der Waals surface area contributed by atoms with E-state index in [2.05, 4.69) is 10.4 Å². The zero-order valence-electron chi connectivity index (χ0n) is 14.6. The van der Waals surface area contributed by atoms with E-state index in [1.165, 1.54) is 6.07 Å². The lowest BCUT2D eigenvalue weighted by molar-refractivity contribution is 0.102. The quantitative estimate of drug-likeness (QED) is 0.529. The van der Waals surface area contributed by atoms with Crippen molar-refractivity contribution < 1.29 is 14.3 Å². The fourth-order valence-corrected chi connectivity index (χ4v) is 2.77. The number of phenolic OH excluding ortho intramolecular Hbond substituents is 1. The molecule has 6 nitrogen and oxygen atoms in total. The molecule has 0 saturated carbocycles. The Bertz CT molecular complexity index is 1100. The summed E-state index contributed by atoms with van der Waals surface area (Å²) in [4.78, 5) is 12.9. The molecule has 0 unspecified atom stereocenters. The second kappa shape index (κ2) is 6.84. The average molecular weight is 359 g/mol. The summed E-state index contributed by atoms with van der Waals surface area (Å²) in [6.45, 7) is 1.83. The molecule has 0 aliphatic heterocycles. The Morgan fingerprint density at radius 1 is 1.04 bits per heavy atom. The van der Waals surface area contributed by atoms with E-state index in [-0.39, 0.29) is 11.7 Å². The SMILES string of the molecule is Cc1ccc(-c2nn(-c3ccccc3)cc2C(=O)Nc2ccccc2O)o1. The smallest absolute Gasteiger partial charge is 0.259 e. The molecule has 0 aliphatic rings. The van der Waals surface area contributed by atoms with E-state index in [0.29, 0.717) is 22.7 Å². The van der Waals surface area contributed by atoms with Crippen molar-refractivity contribution in [3.8, 4) is 22.9 Å². The van der Waals surface area contributed by atoms with Crippen LogP contribution < -0.4 is 5.32 Å². The van der Waals surface area contributed by atoms with Crippen molar-refractivity contribution >= 4 is 11.6 Å². The minimum Gasteiger partial charge on any atom is -0.506 e. The first kappa shape index (κ1) is 16.7. The topological polar surface area (TPSA) is 80.3 Å². The molecule has 2 aromatic heterocycles. The minimum atomic E-state index is -0.386. The Labute approximate surface area is 155 Å². The van der Waals surface area contributed by atoms with Gasteiger partial charge in [-0.1, -0.05) is 30.3 Å². The van der Waals surface area contributed by atoms with Gasteiger partial charge in [-0.05, 0) is 43.3 Å². The molecule has 4 rings (SSSR count). The van der Waals surface area contributed by atoms with Crippen molar-refractivity contribution in [3.05, 3.63) is 84.3 Å². The number of amides is 1. The second-order valence-electron chi connectivity index (χ2n) is 6.05. The molecule has 27 heavy (non-hydrogen) atoms. The summed E-state index contributed by atoms with van der Waals surface area (Å²) in [5.74, 6) is 0.843. The van der Waals surface area contributed by atoms with E-state index in [1.807, 2.05) is 43.3 Å². The van der Waals surface area contributed by atoms with Gasteiger partial charge in [-0.15, -0.1) is 0 Å². The van der Waals surface area contributed by atoms with E-state index < -0.39 is 0 Å². The first-order chi connectivity index (χ1) is 13.1. The third kappa shape index (κ3) is 3.32. The van der Waals surface area contributed by atoms with Crippen LogP contribution in [0, 0.1) is 6.92 Å². The molecular formula is C21H17N3O3. The first-order valence-corrected chi connectivity index (χ1v) is 8.43. The predicted molar refractivity (Wildman–Crippen MR) is 102 cm³/mol. The normalized spacial score (nSPS) is 10.7. The molecule has 0 fully saturated rings. The lowest BCUT2D eigenvalue weighted by atomic mass is 10.2. The van der Waals surface area contributed by atoms with Crippen LogP contribution in [0.2, 0.25) is 0 Å². The lowest BCUT2D eigenvalue weighted by Gasteiger charge is -2.06. The summed E-state index contributed by atoms with van der Waals surface area (Å²) in [7, 11) is 0. The van der Waals surface area contributed by atoms with Gasteiger partial charge in [0.2, 0.25) is 0 Å². The average Bonchev–Trinajstić information content (AvgIpc) is 3.31. The van der Waals surface area contributed by atoms with Crippen LogP contribution in [0.3, 0.4) is 0 Å². The molecule has 0 spiro atoms. The van der Waals surface area contributed by atoms with Gasteiger partial charge in [-0.3, -0.25) is 4.79 Å². The number of nitrogens with one attached hydrogen (secondary N) is 1. The van der Waals surface area contributed by atoms with Gasteiger partial charge in [-0.2, -0.15) is 5.10 Å². The zero-order valence-corrected chi connectivity index (χ0v) is 14.6. The fourth-order valence-electron chi connectivity index (χ4n) is 2.77. The van der Waals surface area contributed by atoms with Gasteiger partial charge in [0.25, 0.3) is 5.91 Å². The maximum Gasteiger partial charge on any atom is 0.259 e. The maximum absolute atomic E-state index is 12.9. The number of carbonyl (C=O) groups is 1. The number of furan rings is 1. The minimum absolute atomic E-state index is 0.00306. The van der Waals surface area contributed by atoms with Gasteiger partial charge in [0.1, 0.15) is 17.2 Å². The van der Waals surface area contributed by atoms with Crippen LogP contribution in [0.4, 0.5) is 5.69 Å². The summed E-state index contributed by atoms with van der Waals surface area (Å²) in [6.07, 6.45) is 1.65. The first-order valence-electron chi connectivity index (χ1n) is 8.43. The van der Waals surface area contributed by atoms with Crippen LogP contribution in [0.15, 0.2) is 77.3 Å². The third-order valence-electron chi connectivity index (χ3n) is 4.11. The lowest BCUT2D eigenvalue weighted by Crippen LogP contribution is -2.12. The van der Waals surface area contributed by atoms with Crippen LogP contribution in [0.1, 0.15) is 16.1 Å². The van der Waals surface area contributed by atoms with Crippen molar-refractivity contribution in [1.29, 1.82) is 0 Å². The number of benzene rings is 2. The van der Waals surface area contributed by atoms with Gasteiger partial charge >= 0.3 is 0 Å². The Morgan fingerprint density at radius 3 is 2.48 bits per heavy atom. The molecular weight excluding hydrogens is 342 g/mol. The Kier molecular flexibility index (Phi) is 4.22. The number of para-hydroxylation sites is 3. The fraction of sp³-hybridized carbons (Fsp3) is 0.0476. The summed E-state index contributed by atoms with van der Waals surface area (Å²) >= 11 is 0. The van der Waals surface area contributed by atoms with E-state index >= 15 is 0 Å². The van der Waals surface area contributed by atoms with Crippen LogP contribution in [0.25, 0.3) is 17.1 Å². The highest BCUT2D eigenvalue weighted by Gasteiger charge is 2.21. The summed E-state index contributed by atoms with van der Waals surface area (Å²) in [6, 6.07) is 19.7. The molecule has 2 heterocycles. The predicted octanol–water partition coefficient (Wildman–Crippen LogP) is 4.40. The van der Waals surface area contributed by atoms with Crippen molar-refractivity contribution in [1.82, 2.24) is 9.78 Å². The molecule has 0 bridgehead atoms. The van der Waals surface area contributed by atoms with E-state index in [9.17, 15) is 9.90 Å². The van der Waals surface area contributed by atoms with Gasteiger partial charge in [-0.25, -0.2) is 4.68 Å². The number of anilines is 1. The Morgan fingerprint density at radius 2 is 1.78 bits per heavy atom. The number of nitrogens with zero attached hydrogens (tertiary/aromatic N) is 2. The van der Waals surface area contributed by atoms with E-state index in [4.69, 9.17) is 4.42 Å². The zero-order chi connectivity index (χ0) is 18.8.